The van der Waals surface area contributed by atoms with E-state index in [1.165, 1.54) is 27.8 Å². The number of hydrogen-bond donors (Lipinski definition) is 0. The number of carbonyl (C=O) groups is 1. The van der Waals surface area contributed by atoms with Crippen molar-refractivity contribution >= 4 is 38.9 Å². The van der Waals surface area contributed by atoms with Gasteiger partial charge in [-0.15, -0.1) is 11.3 Å². The lowest BCUT2D eigenvalue weighted by Crippen LogP contribution is -2.32. The highest BCUT2D eigenvalue weighted by atomic mass is 35.5. The molecule has 0 aliphatic heterocycles. The zero-order valence-corrected chi connectivity index (χ0v) is 17.5. The van der Waals surface area contributed by atoms with E-state index in [-0.39, 0.29) is 10.8 Å². The van der Waals surface area contributed by atoms with Crippen LogP contribution in [0.5, 0.6) is 0 Å². The topological polar surface area (TPSA) is 57.7 Å². The second-order valence-electron chi connectivity index (χ2n) is 5.64. The van der Waals surface area contributed by atoms with E-state index in [0.29, 0.717) is 36.1 Å². The Labute approximate surface area is 164 Å². The summed E-state index contributed by atoms with van der Waals surface area (Å²) < 4.78 is 27.4. The van der Waals surface area contributed by atoms with Gasteiger partial charge in [-0.3, -0.25) is 4.79 Å². The summed E-state index contributed by atoms with van der Waals surface area (Å²) in [6, 6.07) is 9.94. The Bertz CT molecular complexity index is 861. The lowest BCUT2D eigenvalue weighted by molar-refractivity contribution is 0.0754. The highest BCUT2D eigenvalue weighted by molar-refractivity contribution is 7.89. The van der Waals surface area contributed by atoms with Crippen LogP contribution in [0.2, 0.25) is 4.34 Å². The van der Waals surface area contributed by atoms with Crippen LogP contribution in [0.25, 0.3) is 0 Å². The summed E-state index contributed by atoms with van der Waals surface area (Å²) in [7, 11) is -3.60. The molecule has 0 aliphatic rings. The normalized spacial score (nSPS) is 11.7. The predicted octanol–water partition coefficient (Wildman–Crippen LogP) is 4.09. The Balaban J connectivity index is 2.29. The molecule has 1 heterocycles. The summed E-state index contributed by atoms with van der Waals surface area (Å²) in [6.07, 6.45) is 0. The molecular weight excluding hydrogens is 392 g/mol. The van der Waals surface area contributed by atoms with Gasteiger partial charge in [-0.1, -0.05) is 31.5 Å². The number of sulfonamides is 1. The third-order valence-electron chi connectivity index (χ3n) is 4.07. The fraction of sp³-hybridized carbons (Fsp3) is 0.389. The Morgan fingerprint density at radius 1 is 1.08 bits per heavy atom. The molecule has 0 N–H and O–H groups in total. The fourth-order valence-corrected chi connectivity index (χ4v) is 5.24. The summed E-state index contributed by atoms with van der Waals surface area (Å²) >= 11 is 7.39. The molecule has 0 fully saturated rings. The standard InChI is InChI=1S/C18H23ClN2O3S2/c1-4-20(13-15-10-11-17(19)25-15)18(22)14-8-7-9-16(12-14)26(23,24)21(5-2)6-3/h7-12H,4-6,13H2,1-3H3. The van der Waals surface area contributed by atoms with Crippen LogP contribution in [0.15, 0.2) is 41.3 Å². The van der Waals surface area contributed by atoms with Gasteiger partial charge in [0.1, 0.15) is 0 Å². The maximum absolute atomic E-state index is 12.9. The van der Waals surface area contributed by atoms with E-state index in [0.717, 1.165) is 4.88 Å². The molecule has 2 rings (SSSR count). The van der Waals surface area contributed by atoms with Gasteiger partial charge in [0.25, 0.3) is 5.91 Å². The molecule has 5 nitrogen and oxygen atoms in total. The molecule has 1 amide bonds. The van der Waals surface area contributed by atoms with E-state index in [1.54, 1.807) is 36.9 Å². The van der Waals surface area contributed by atoms with Gasteiger partial charge in [-0.2, -0.15) is 4.31 Å². The molecule has 0 bridgehead atoms. The summed E-state index contributed by atoms with van der Waals surface area (Å²) in [5.41, 5.74) is 0.364. The van der Waals surface area contributed by atoms with Crippen molar-refractivity contribution in [1.29, 1.82) is 0 Å². The quantitative estimate of drug-likeness (QED) is 0.653. The molecule has 0 radical (unpaired) electrons. The highest BCUT2D eigenvalue weighted by Crippen LogP contribution is 2.24. The van der Waals surface area contributed by atoms with E-state index in [2.05, 4.69) is 0 Å². The SMILES string of the molecule is CCN(Cc1ccc(Cl)s1)C(=O)c1cccc(S(=O)(=O)N(CC)CC)c1. The van der Waals surface area contributed by atoms with E-state index in [9.17, 15) is 13.2 Å². The van der Waals surface area contributed by atoms with Crippen LogP contribution in [0, 0.1) is 0 Å². The van der Waals surface area contributed by atoms with E-state index in [4.69, 9.17) is 11.6 Å². The van der Waals surface area contributed by atoms with E-state index < -0.39 is 10.0 Å². The lowest BCUT2D eigenvalue weighted by atomic mass is 10.2. The minimum atomic E-state index is -3.60. The van der Waals surface area contributed by atoms with Crippen molar-refractivity contribution in [1.82, 2.24) is 9.21 Å². The van der Waals surface area contributed by atoms with Crippen molar-refractivity contribution in [2.24, 2.45) is 0 Å². The number of carbonyl (C=O) groups excluding carboxylic acids is 1. The number of amides is 1. The molecule has 0 unspecified atom stereocenters. The molecule has 0 aliphatic carbocycles. The van der Waals surface area contributed by atoms with Crippen molar-refractivity contribution in [2.75, 3.05) is 19.6 Å². The average molecular weight is 415 g/mol. The zero-order chi connectivity index (χ0) is 19.3. The van der Waals surface area contributed by atoms with Gasteiger partial charge in [-0.05, 0) is 37.3 Å². The molecule has 0 saturated heterocycles. The first-order valence-corrected chi connectivity index (χ1v) is 11.1. The molecule has 8 heteroatoms. The Kier molecular flexibility index (Phi) is 7.23. The maximum atomic E-state index is 12.9. The summed E-state index contributed by atoms with van der Waals surface area (Å²) in [6.45, 7) is 7.21. The largest absolute Gasteiger partial charge is 0.334 e. The minimum absolute atomic E-state index is 0.141. The molecule has 0 saturated carbocycles. The number of nitrogens with zero attached hydrogens (tertiary/aromatic N) is 2. The second-order valence-corrected chi connectivity index (χ2v) is 9.38. The van der Waals surface area contributed by atoms with Crippen molar-refractivity contribution in [3.05, 3.63) is 51.2 Å². The van der Waals surface area contributed by atoms with Gasteiger partial charge in [0.05, 0.1) is 15.8 Å². The fourth-order valence-electron chi connectivity index (χ4n) is 2.64. The third-order valence-corrected chi connectivity index (χ3v) is 7.33. The second kappa shape index (κ2) is 8.99. The van der Waals surface area contributed by atoms with Gasteiger partial charge in [0.15, 0.2) is 0 Å². The molecule has 0 atom stereocenters. The van der Waals surface area contributed by atoms with Gasteiger partial charge in [0, 0.05) is 30.1 Å². The monoisotopic (exact) mass is 414 g/mol. The summed E-state index contributed by atoms with van der Waals surface area (Å²) in [5.74, 6) is -0.200. The molecule has 1 aromatic heterocycles. The first-order chi connectivity index (χ1) is 12.3. The molecule has 1 aromatic carbocycles. The van der Waals surface area contributed by atoms with Crippen LogP contribution in [0.4, 0.5) is 0 Å². The third kappa shape index (κ3) is 4.65. The molecule has 0 spiro atoms. The van der Waals surface area contributed by atoms with Crippen LogP contribution < -0.4 is 0 Å². The van der Waals surface area contributed by atoms with Crippen molar-refractivity contribution < 1.29 is 13.2 Å². The highest BCUT2D eigenvalue weighted by Gasteiger charge is 2.23. The smallest absolute Gasteiger partial charge is 0.254 e. The molecule has 142 valence electrons. The van der Waals surface area contributed by atoms with Crippen LogP contribution in [0.3, 0.4) is 0 Å². The Hall–Kier alpha value is -1.41. The Morgan fingerprint density at radius 2 is 1.77 bits per heavy atom. The van der Waals surface area contributed by atoms with Crippen molar-refractivity contribution in [3.8, 4) is 0 Å². The molecule has 2 aromatic rings. The lowest BCUT2D eigenvalue weighted by Gasteiger charge is -2.22. The van der Waals surface area contributed by atoms with Crippen LogP contribution >= 0.6 is 22.9 Å². The molecule has 26 heavy (non-hydrogen) atoms. The first-order valence-electron chi connectivity index (χ1n) is 8.47. The Morgan fingerprint density at radius 3 is 2.31 bits per heavy atom. The summed E-state index contributed by atoms with van der Waals surface area (Å²) in [4.78, 5) is 15.7. The average Bonchev–Trinajstić information content (AvgIpc) is 3.05. The number of rotatable bonds is 8. The van der Waals surface area contributed by atoms with E-state index in [1.807, 2.05) is 13.0 Å². The number of thiophene rings is 1. The van der Waals surface area contributed by atoms with Crippen molar-refractivity contribution in [3.63, 3.8) is 0 Å². The van der Waals surface area contributed by atoms with Gasteiger partial charge in [0.2, 0.25) is 10.0 Å². The van der Waals surface area contributed by atoms with Gasteiger partial charge < -0.3 is 4.90 Å². The van der Waals surface area contributed by atoms with E-state index >= 15 is 0 Å². The first kappa shape index (κ1) is 20.9. The number of hydrogen-bond acceptors (Lipinski definition) is 4. The zero-order valence-electron chi connectivity index (χ0n) is 15.1. The predicted molar refractivity (Wildman–Crippen MR) is 106 cm³/mol. The number of benzene rings is 1. The summed E-state index contributed by atoms with van der Waals surface area (Å²) in [5, 5.41) is 0. The molecular formula is C18H23ClN2O3S2. The van der Waals surface area contributed by atoms with Crippen LogP contribution in [-0.4, -0.2) is 43.2 Å². The van der Waals surface area contributed by atoms with Gasteiger partial charge in [-0.25, -0.2) is 8.42 Å². The van der Waals surface area contributed by atoms with Crippen molar-refractivity contribution in [2.45, 2.75) is 32.2 Å². The maximum Gasteiger partial charge on any atom is 0.254 e. The minimum Gasteiger partial charge on any atom is -0.334 e. The van der Waals surface area contributed by atoms with Crippen LogP contribution in [0.1, 0.15) is 36.0 Å². The van der Waals surface area contributed by atoms with Crippen LogP contribution in [-0.2, 0) is 16.6 Å². The van der Waals surface area contributed by atoms with Gasteiger partial charge >= 0.3 is 0 Å². The number of halogens is 1.